The maximum absolute atomic E-state index is 12.0. The van der Waals surface area contributed by atoms with Gasteiger partial charge in [0.25, 0.3) is 5.56 Å². The molecule has 0 fully saturated rings. The van der Waals surface area contributed by atoms with Crippen molar-refractivity contribution in [2.75, 3.05) is 19.0 Å². The molecular weight excluding hydrogens is 330 g/mol. The predicted molar refractivity (Wildman–Crippen MR) is 91.2 cm³/mol. The summed E-state index contributed by atoms with van der Waals surface area (Å²) >= 11 is 5.82. The molecule has 0 aromatic carbocycles. The quantitative estimate of drug-likeness (QED) is 0.715. The summed E-state index contributed by atoms with van der Waals surface area (Å²) in [4.78, 5) is 14.0. The molecule has 0 spiro atoms. The van der Waals surface area contributed by atoms with Crippen LogP contribution >= 0.6 is 11.6 Å². The third-order valence-electron chi connectivity index (χ3n) is 3.62. The van der Waals surface area contributed by atoms with Gasteiger partial charge >= 0.3 is 0 Å². The normalized spacial score (nSPS) is 12.2. The Morgan fingerprint density at radius 1 is 1.21 bits per heavy atom. The Bertz CT molecular complexity index is 918. The molecule has 0 aliphatic carbocycles. The first-order valence-corrected chi connectivity index (χ1v) is 7.63. The molecular formula is C15H16ClN7O. The Balaban J connectivity index is 1.93. The first kappa shape index (κ1) is 16.1. The highest BCUT2D eigenvalue weighted by Gasteiger charge is 2.13. The fourth-order valence-electron chi connectivity index (χ4n) is 2.20. The lowest BCUT2D eigenvalue weighted by Crippen LogP contribution is -2.26. The monoisotopic (exact) mass is 345 g/mol. The fourth-order valence-corrected chi connectivity index (χ4v) is 2.35. The molecule has 0 bridgehead atoms. The third-order valence-corrected chi connectivity index (χ3v) is 3.86. The first-order valence-electron chi connectivity index (χ1n) is 7.25. The van der Waals surface area contributed by atoms with Gasteiger partial charge < -0.3 is 4.90 Å². The lowest BCUT2D eigenvalue weighted by molar-refractivity contribution is 0.405. The maximum atomic E-state index is 12.0. The summed E-state index contributed by atoms with van der Waals surface area (Å²) in [6.45, 7) is 1.84. The number of pyridine rings is 1. The minimum Gasteiger partial charge on any atom is -0.376 e. The van der Waals surface area contributed by atoms with Crippen LogP contribution < -0.4 is 10.5 Å². The van der Waals surface area contributed by atoms with E-state index in [9.17, 15) is 4.79 Å². The van der Waals surface area contributed by atoms with Crippen LogP contribution in [0.2, 0.25) is 5.02 Å². The van der Waals surface area contributed by atoms with Crippen molar-refractivity contribution in [3.63, 3.8) is 0 Å². The summed E-state index contributed by atoms with van der Waals surface area (Å²) in [6.07, 6.45) is 4.68. The molecule has 1 unspecified atom stereocenters. The number of rotatable bonds is 4. The van der Waals surface area contributed by atoms with E-state index in [2.05, 4.69) is 20.5 Å². The van der Waals surface area contributed by atoms with E-state index in [-0.39, 0.29) is 11.7 Å². The Morgan fingerprint density at radius 2 is 2.00 bits per heavy atom. The van der Waals surface area contributed by atoms with Crippen LogP contribution in [0.4, 0.5) is 5.69 Å². The van der Waals surface area contributed by atoms with E-state index >= 15 is 0 Å². The molecule has 124 valence electrons. The average Bonchev–Trinajstić information content (AvgIpc) is 3.04. The van der Waals surface area contributed by atoms with Crippen LogP contribution in [-0.2, 0) is 0 Å². The average molecular weight is 346 g/mol. The second-order valence-electron chi connectivity index (χ2n) is 5.50. The molecule has 9 heteroatoms. The SMILES string of the molecule is CC(n1cc(-c2cc(N(C)C)cnn2)nn1)n1ccc(Cl)cc1=O. The Labute approximate surface area is 143 Å². The van der Waals surface area contributed by atoms with Crippen LogP contribution in [-0.4, -0.2) is 43.9 Å². The number of hydrogen-bond acceptors (Lipinski definition) is 6. The summed E-state index contributed by atoms with van der Waals surface area (Å²) in [5, 5.41) is 16.7. The molecule has 3 rings (SSSR count). The molecule has 3 aromatic heterocycles. The van der Waals surface area contributed by atoms with Crippen LogP contribution in [0.25, 0.3) is 11.4 Å². The van der Waals surface area contributed by atoms with E-state index in [0.717, 1.165) is 5.69 Å². The molecule has 8 nitrogen and oxygen atoms in total. The largest absolute Gasteiger partial charge is 0.376 e. The fraction of sp³-hybridized carbons (Fsp3) is 0.267. The topological polar surface area (TPSA) is 81.7 Å². The maximum Gasteiger partial charge on any atom is 0.253 e. The zero-order chi connectivity index (χ0) is 17.3. The lowest BCUT2D eigenvalue weighted by Gasteiger charge is -2.14. The van der Waals surface area contributed by atoms with Gasteiger partial charge in [0.05, 0.1) is 18.1 Å². The summed E-state index contributed by atoms with van der Waals surface area (Å²) < 4.78 is 3.11. The van der Waals surface area contributed by atoms with E-state index in [4.69, 9.17) is 11.6 Å². The lowest BCUT2D eigenvalue weighted by atomic mass is 10.3. The highest BCUT2D eigenvalue weighted by atomic mass is 35.5. The van der Waals surface area contributed by atoms with Crippen LogP contribution in [0.15, 0.2) is 41.6 Å². The number of nitrogens with zero attached hydrogens (tertiary/aromatic N) is 7. The molecule has 0 aliphatic rings. The first-order chi connectivity index (χ1) is 11.5. The number of hydrogen-bond donors (Lipinski definition) is 0. The van der Waals surface area contributed by atoms with Crippen LogP contribution in [0.1, 0.15) is 13.1 Å². The van der Waals surface area contributed by atoms with E-state index in [0.29, 0.717) is 16.4 Å². The highest BCUT2D eigenvalue weighted by Crippen LogP contribution is 2.19. The second-order valence-corrected chi connectivity index (χ2v) is 5.94. The standard InChI is InChI=1S/C15H16ClN7O/c1-10(22-5-4-11(16)6-15(22)24)23-9-14(19-20-23)13-7-12(21(2)3)8-17-18-13/h4-10H,1-3H3. The van der Waals surface area contributed by atoms with Crippen molar-refractivity contribution >= 4 is 17.3 Å². The molecule has 0 saturated heterocycles. The third kappa shape index (κ3) is 3.13. The molecule has 0 radical (unpaired) electrons. The second kappa shape index (κ2) is 6.40. The minimum atomic E-state index is -0.346. The number of halogens is 1. The van der Waals surface area contributed by atoms with Crippen molar-refractivity contribution in [1.82, 2.24) is 29.8 Å². The Hall–Kier alpha value is -2.74. The van der Waals surface area contributed by atoms with Gasteiger partial charge in [-0.25, -0.2) is 4.68 Å². The van der Waals surface area contributed by atoms with Crippen molar-refractivity contribution in [2.45, 2.75) is 13.1 Å². The van der Waals surface area contributed by atoms with Crippen LogP contribution in [0.3, 0.4) is 0 Å². The van der Waals surface area contributed by atoms with Gasteiger partial charge in [0.2, 0.25) is 0 Å². The van der Waals surface area contributed by atoms with Gasteiger partial charge in [0.1, 0.15) is 17.6 Å². The van der Waals surface area contributed by atoms with Gasteiger partial charge in [0.15, 0.2) is 0 Å². The van der Waals surface area contributed by atoms with Crippen LogP contribution in [0, 0.1) is 0 Å². The smallest absolute Gasteiger partial charge is 0.253 e. The van der Waals surface area contributed by atoms with Crippen molar-refractivity contribution in [2.24, 2.45) is 0 Å². The number of aromatic nitrogens is 6. The van der Waals surface area contributed by atoms with Gasteiger partial charge in [-0.2, -0.15) is 5.10 Å². The van der Waals surface area contributed by atoms with Gasteiger partial charge in [-0.15, -0.1) is 10.2 Å². The van der Waals surface area contributed by atoms with Gasteiger partial charge in [-0.3, -0.25) is 9.36 Å². The van der Waals surface area contributed by atoms with Crippen molar-refractivity contribution < 1.29 is 0 Å². The van der Waals surface area contributed by atoms with Crippen molar-refractivity contribution in [3.05, 3.63) is 52.2 Å². The summed E-state index contributed by atoms with van der Waals surface area (Å²) in [7, 11) is 3.85. The molecule has 0 aliphatic heterocycles. The molecule has 3 heterocycles. The number of anilines is 1. The highest BCUT2D eigenvalue weighted by molar-refractivity contribution is 6.30. The van der Waals surface area contributed by atoms with Gasteiger partial charge in [0, 0.05) is 31.4 Å². The van der Waals surface area contributed by atoms with Crippen LogP contribution in [0.5, 0.6) is 0 Å². The van der Waals surface area contributed by atoms with E-state index in [1.165, 1.54) is 10.6 Å². The molecule has 1 atom stereocenters. The molecule has 0 saturated carbocycles. The molecule has 0 N–H and O–H groups in total. The Kier molecular flexibility index (Phi) is 4.30. The summed E-state index contributed by atoms with van der Waals surface area (Å²) in [5.74, 6) is 0. The Morgan fingerprint density at radius 3 is 2.71 bits per heavy atom. The van der Waals surface area contributed by atoms with Gasteiger partial charge in [-0.05, 0) is 19.1 Å². The molecule has 0 amide bonds. The summed E-state index contributed by atoms with van der Waals surface area (Å²) in [5.41, 5.74) is 1.90. The van der Waals surface area contributed by atoms with E-state index in [1.54, 1.807) is 29.3 Å². The van der Waals surface area contributed by atoms with E-state index < -0.39 is 0 Å². The minimum absolute atomic E-state index is 0.207. The van der Waals surface area contributed by atoms with Crippen molar-refractivity contribution in [3.8, 4) is 11.4 Å². The van der Waals surface area contributed by atoms with Gasteiger partial charge in [-0.1, -0.05) is 16.8 Å². The zero-order valence-electron chi connectivity index (χ0n) is 13.5. The molecule has 24 heavy (non-hydrogen) atoms. The predicted octanol–water partition coefficient (Wildman–Crippen LogP) is 1.68. The zero-order valence-corrected chi connectivity index (χ0v) is 14.2. The molecule has 3 aromatic rings. The van der Waals surface area contributed by atoms with E-state index in [1.807, 2.05) is 32.0 Å². The van der Waals surface area contributed by atoms with Crippen molar-refractivity contribution in [1.29, 1.82) is 0 Å². The summed E-state index contributed by atoms with van der Waals surface area (Å²) in [6, 6.07) is 4.89.